The molecule has 0 radical (unpaired) electrons. The van der Waals surface area contributed by atoms with Crippen LogP contribution in [0.4, 0.5) is 23.7 Å². The molecule has 2 saturated heterocycles. The number of amides is 3. The van der Waals surface area contributed by atoms with E-state index in [1.165, 1.54) is 4.90 Å². The molecule has 0 aliphatic carbocycles. The second kappa shape index (κ2) is 4.75. The average Bonchev–Trinajstić information content (AvgIpc) is 2.71. The topological polar surface area (TPSA) is 40.6 Å². The average molecular weight is 298 g/mol. The van der Waals surface area contributed by atoms with Crippen LogP contribution in [0.15, 0.2) is 24.3 Å². The van der Waals surface area contributed by atoms with E-state index in [0.29, 0.717) is 13.0 Å². The summed E-state index contributed by atoms with van der Waals surface area (Å²) in [5, 5.41) is 0. The first-order valence-corrected chi connectivity index (χ1v) is 6.71. The molecule has 21 heavy (non-hydrogen) atoms. The number of carbonyl (C=O) groups is 2. The normalized spacial score (nSPS) is 22.7. The van der Waals surface area contributed by atoms with E-state index in [1.807, 2.05) is 0 Å². The minimum absolute atomic E-state index is 0.187. The Balaban J connectivity index is 1.90. The molecule has 3 amide bonds. The lowest BCUT2D eigenvalue weighted by Gasteiger charge is -2.25. The van der Waals surface area contributed by atoms with Crippen molar-refractivity contribution in [1.29, 1.82) is 0 Å². The van der Waals surface area contributed by atoms with Crippen molar-refractivity contribution in [2.24, 2.45) is 0 Å². The van der Waals surface area contributed by atoms with Gasteiger partial charge in [-0.2, -0.15) is 13.2 Å². The van der Waals surface area contributed by atoms with E-state index in [4.69, 9.17) is 0 Å². The first kappa shape index (κ1) is 13.9. The van der Waals surface area contributed by atoms with Crippen LogP contribution >= 0.6 is 0 Å². The van der Waals surface area contributed by atoms with Crippen LogP contribution in [0.2, 0.25) is 0 Å². The lowest BCUT2D eigenvalue weighted by atomic mass is 10.0. The minimum atomic E-state index is -4.44. The van der Waals surface area contributed by atoms with Crippen LogP contribution in [0, 0.1) is 0 Å². The second-order valence-corrected chi connectivity index (χ2v) is 5.21. The van der Waals surface area contributed by atoms with Gasteiger partial charge < -0.3 is 4.90 Å². The molecule has 112 valence electrons. The summed E-state index contributed by atoms with van der Waals surface area (Å²) in [7, 11) is 0. The van der Waals surface area contributed by atoms with Crippen LogP contribution in [-0.2, 0) is 11.0 Å². The molecule has 2 aliphatic rings. The molecule has 2 heterocycles. The molecular formula is C14H13F3N2O2. The van der Waals surface area contributed by atoms with Gasteiger partial charge >= 0.3 is 12.2 Å². The fourth-order valence-corrected chi connectivity index (χ4v) is 2.83. The molecule has 1 atom stereocenters. The SMILES string of the molecule is O=C1C2CCCCN2C(=O)N1c1ccc(C(F)(F)F)cc1. The summed E-state index contributed by atoms with van der Waals surface area (Å²) >= 11 is 0. The van der Waals surface area contributed by atoms with Crippen molar-refractivity contribution in [3.63, 3.8) is 0 Å². The molecule has 0 bridgehead atoms. The Bertz CT molecular complexity index is 559. The van der Waals surface area contributed by atoms with Crippen molar-refractivity contribution in [2.75, 3.05) is 11.4 Å². The summed E-state index contributed by atoms with van der Waals surface area (Å²) in [6.45, 7) is 0.520. The Morgan fingerprint density at radius 2 is 1.71 bits per heavy atom. The van der Waals surface area contributed by atoms with Gasteiger partial charge in [-0.15, -0.1) is 0 Å². The van der Waals surface area contributed by atoms with Gasteiger partial charge in [0, 0.05) is 6.54 Å². The maximum Gasteiger partial charge on any atom is 0.416 e. The number of benzene rings is 1. The number of urea groups is 1. The highest BCUT2D eigenvalue weighted by Gasteiger charge is 2.46. The number of carbonyl (C=O) groups excluding carboxylic acids is 2. The summed E-state index contributed by atoms with van der Waals surface area (Å²) in [6.07, 6.45) is -2.10. The number of nitrogens with zero attached hydrogens (tertiary/aromatic N) is 2. The van der Waals surface area contributed by atoms with Crippen molar-refractivity contribution in [1.82, 2.24) is 4.90 Å². The van der Waals surface area contributed by atoms with E-state index >= 15 is 0 Å². The Hall–Kier alpha value is -2.05. The molecule has 7 heteroatoms. The third-order valence-electron chi connectivity index (χ3n) is 3.90. The fraction of sp³-hybridized carbons (Fsp3) is 0.429. The Morgan fingerprint density at radius 3 is 2.29 bits per heavy atom. The van der Waals surface area contributed by atoms with Crippen molar-refractivity contribution in [2.45, 2.75) is 31.5 Å². The molecule has 1 aromatic rings. The lowest BCUT2D eigenvalue weighted by molar-refractivity contribution is -0.137. The van der Waals surface area contributed by atoms with Crippen LogP contribution in [0.5, 0.6) is 0 Å². The van der Waals surface area contributed by atoms with Gasteiger partial charge in [0.2, 0.25) is 0 Å². The monoisotopic (exact) mass is 298 g/mol. The molecule has 0 aromatic heterocycles. The largest absolute Gasteiger partial charge is 0.416 e. The first-order valence-electron chi connectivity index (χ1n) is 6.71. The standard InChI is InChI=1S/C14H13F3N2O2/c15-14(16,17)9-4-6-10(7-5-9)19-12(20)11-3-1-2-8-18(11)13(19)21/h4-7,11H,1-3,8H2. The third kappa shape index (κ3) is 2.26. The van der Waals surface area contributed by atoms with Crippen LogP contribution in [0.3, 0.4) is 0 Å². The summed E-state index contributed by atoms with van der Waals surface area (Å²) in [6, 6.07) is 3.19. The highest BCUT2D eigenvalue weighted by Crippen LogP contribution is 2.33. The van der Waals surface area contributed by atoms with Gasteiger partial charge in [-0.1, -0.05) is 0 Å². The molecule has 1 unspecified atom stereocenters. The molecule has 0 saturated carbocycles. The fourth-order valence-electron chi connectivity index (χ4n) is 2.83. The predicted molar refractivity (Wildman–Crippen MR) is 68.7 cm³/mol. The predicted octanol–water partition coefficient (Wildman–Crippen LogP) is 3.03. The lowest BCUT2D eigenvalue weighted by Crippen LogP contribution is -2.39. The number of hydrogen-bond donors (Lipinski definition) is 0. The maximum absolute atomic E-state index is 12.5. The summed E-state index contributed by atoms with van der Waals surface area (Å²) in [5.41, 5.74) is -0.615. The van der Waals surface area contributed by atoms with Gasteiger partial charge in [-0.05, 0) is 43.5 Å². The van der Waals surface area contributed by atoms with Crippen LogP contribution in [0.25, 0.3) is 0 Å². The van der Waals surface area contributed by atoms with E-state index in [2.05, 4.69) is 0 Å². The minimum Gasteiger partial charge on any atom is -0.312 e. The van der Waals surface area contributed by atoms with E-state index in [9.17, 15) is 22.8 Å². The van der Waals surface area contributed by atoms with E-state index in [0.717, 1.165) is 42.0 Å². The first-order chi connectivity index (χ1) is 9.89. The van der Waals surface area contributed by atoms with Gasteiger partial charge in [-0.25, -0.2) is 9.69 Å². The molecule has 4 nitrogen and oxygen atoms in total. The number of anilines is 1. The smallest absolute Gasteiger partial charge is 0.312 e. The number of alkyl halides is 3. The number of rotatable bonds is 1. The van der Waals surface area contributed by atoms with E-state index in [-0.39, 0.29) is 11.6 Å². The molecule has 0 spiro atoms. The summed E-state index contributed by atoms with van der Waals surface area (Å²) < 4.78 is 37.6. The number of imide groups is 1. The van der Waals surface area contributed by atoms with Crippen molar-refractivity contribution in [3.8, 4) is 0 Å². The molecular weight excluding hydrogens is 285 g/mol. The summed E-state index contributed by atoms with van der Waals surface area (Å²) in [4.78, 5) is 27.0. The summed E-state index contributed by atoms with van der Waals surface area (Å²) in [5.74, 6) is -0.348. The Morgan fingerprint density at radius 1 is 1.05 bits per heavy atom. The second-order valence-electron chi connectivity index (χ2n) is 5.21. The van der Waals surface area contributed by atoms with Gasteiger partial charge in [0.15, 0.2) is 0 Å². The van der Waals surface area contributed by atoms with Crippen molar-refractivity contribution < 1.29 is 22.8 Å². The number of hydrogen-bond acceptors (Lipinski definition) is 2. The number of halogens is 3. The molecule has 0 N–H and O–H groups in total. The number of fused-ring (bicyclic) bond motifs is 1. The molecule has 2 aliphatic heterocycles. The quantitative estimate of drug-likeness (QED) is 0.748. The van der Waals surface area contributed by atoms with Gasteiger partial charge in [-0.3, -0.25) is 4.79 Å². The zero-order chi connectivity index (χ0) is 15.2. The Kier molecular flexibility index (Phi) is 3.15. The van der Waals surface area contributed by atoms with Gasteiger partial charge in [0.05, 0.1) is 11.3 Å². The molecule has 3 rings (SSSR count). The highest BCUT2D eigenvalue weighted by molar-refractivity contribution is 6.21. The van der Waals surface area contributed by atoms with Gasteiger partial charge in [0.25, 0.3) is 5.91 Å². The third-order valence-corrected chi connectivity index (χ3v) is 3.90. The zero-order valence-electron chi connectivity index (χ0n) is 11.1. The van der Waals surface area contributed by atoms with E-state index < -0.39 is 23.8 Å². The number of piperidine rings is 1. The maximum atomic E-state index is 12.5. The van der Waals surface area contributed by atoms with Crippen LogP contribution < -0.4 is 4.90 Å². The highest BCUT2D eigenvalue weighted by atomic mass is 19.4. The van der Waals surface area contributed by atoms with E-state index in [1.54, 1.807) is 0 Å². The van der Waals surface area contributed by atoms with Crippen molar-refractivity contribution in [3.05, 3.63) is 29.8 Å². The van der Waals surface area contributed by atoms with Crippen LogP contribution in [-0.4, -0.2) is 29.4 Å². The van der Waals surface area contributed by atoms with Crippen LogP contribution in [0.1, 0.15) is 24.8 Å². The van der Waals surface area contributed by atoms with Crippen molar-refractivity contribution >= 4 is 17.6 Å². The Labute approximate surface area is 119 Å². The molecule has 1 aromatic carbocycles. The molecule has 2 fully saturated rings. The zero-order valence-corrected chi connectivity index (χ0v) is 11.1. The van der Waals surface area contributed by atoms with Gasteiger partial charge in [0.1, 0.15) is 6.04 Å².